The smallest absolute Gasteiger partial charge is 0.184 e. The minimum Gasteiger partial charge on any atom is -0.317 e. The summed E-state index contributed by atoms with van der Waals surface area (Å²) in [6.45, 7) is 2.05. The van der Waals surface area contributed by atoms with Gasteiger partial charge in [0, 0.05) is 6.42 Å². The molecule has 1 aliphatic heterocycles. The van der Waals surface area contributed by atoms with Crippen LogP contribution in [0.25, 0.3) is 0 Å². The lowest BCUT2D eigenvalue weighted by molar-refractivity contribution is 0.0973. The van der Waals surface area contributed by atoms with Gasteiger partial charge in [-0.1, -0.05) is 18.1 Å². The lowest BCUT2D eigenvalue weighted by Gasteiger charge is -2.22. The lowest BCUT2D eigenvalue weighted by Crippen LogP contribution is -2.29. The fourth-order valence-electron chi connectivity index (χ4n) is 2.52. The van der Waals surface area contributed by atoms with Crippen LogP contribution in [-0.2, 0) is 0 Å². The summed E-state index contributed by atoms with van der Waals surface area (Å²) in [4.78, 5) is 11.9. The molecular weight excluding hydrogens is 228 g/mol. The van der Waals surface area contributed by atoms with Gasteiger partial charge in [0.1, 0.15) is 5.69 Å². The Morgan fingerprint density at radius 2 is 2.11 bits per heavy atom. The van der Waals surface area contributed by atoms with Crippen LogP contribution < -0.4 is 5.32 Å². The second-order valence-corrected chi connectivity index (χ2v) is 5.47. The van der Waals surface area contributed by atoms with Crippen LogP contribution >= 0.6 is 0 Å². The van der Waals surface area contributed by atoms with Crippen molar-refractivity contribution in [3.05, 3.63) is 11.9 Å². The van der Waals surface area contributed by atoms with Crippen molar-refractivity contribution >= 4 is 5.78 Å². The minimum atomic E-state index is 0.155. The molecule has 0 aromatic carbocycles. The highest BCUT2D eigenvalue weighted by Gasteiger charge is 2.23. The van der Waals surface area contributed by atoms with Crippen molar-refractivity contribution in [3.8, 4) is 0 Å². The SMILES string of the molecule is O=C(CCC1CC1)c1cn(C2CCNCC2)nn1. The number of ketones is 1. The van der Waals surface area contributed by atoms with E-state index in [0.29, 0.717) is 18.2 Å². The summed E-state index contributed by atoms with van der Waals surface area (Å²) in [5, 5.41) is 11.5. The van der Waals surface area contributed by atoms with Crippen molar-refractivity contribution in [2.75, 3.05) is 13.1 Å². The van der Waals surface area contributed by atoms with Gasteiger partial charge in [0.2, 0.25) is 0 Å². The first-order valence-electron chi connectivity index (χ1n) is 6.98. The molecule has 3 rings (SSSR count). The normalized spacial score (nSPS) is 21.1. The fraction of sp³-hybridized carbons (Fsp3) is 0.769. The maximum atomic E-state index is 11.9. The van der Waals surface area contributed by atoms with E-state index >= 15 is 0 Å². The Hall–Kier alpha value is -1.23. The molecule has 2 heterocycles. The predicted octanol–water partition coefficient (Wildman–Crippen LogP) is 1.58. The van der Waals surface area contributed by atoms with Crippen LogP contribution in [-0.4, -0.2) is 33.9 Å². The van der Waals surface area contributed by atoms with E-state index in [4.69, 9.17) is 0 Å². The third-order valence-corrected chi connectivity index (χ3v) is 3.96. The number of nitrogens with zero attached hydrogens (tertiary/aromatic N) is 3. The first kappa shape index (κ1) is 11.8. The zero-order valence-corrected chi connectivity index (χ0v) is 10.6. The van der Waals surface area contributed by atoms with Gasteiger partial charge in [0.15, 0.2) is 5.78 Å². The van der Waals surface area contributed by atoms with Crippen molar-refractivity contribution in [1.82, 2.24) is 20.3 Å². The molecule has 0 unspecified atom stereocenters. The summed E-state index contributed by atoms with van der Waals surface area (Å²) < 4.78 is 1.88. The molecule has 0 amide bonds. The molecule has 0 atom stereocenters. The van der Waals surface area contributed by atoms with Crippen molar-refractivity contribution in [2.45, 2.75) is 44.6 Å². The summed E-state index contributed by atoms with van der Waals surface area (Å²) >= 11 is 0. The zero-order chi connectivity index (χ0) is 12.4. The Morgan fingerprint density at radius 3 is 2.83 bits per heavy atom. The van der Waals surface area contributed by atoms with E-state index in [2.05, 4.69) is 15.6 Å². The molecule has 1 saturated carbocycles. The highest BCUT2D eigenvalue weighted by atomic mass is 16.1. The Balaban J connectivity index is 1.58. The van der Waals surface area contributed by atoms with E-state index < -0.39 is 0 Å². The van der Waals surface area contributed by atoms with Gasteiger partial charge in [0.05, 0.1) is 12.2 Å². The van der Waals surface area contributed by atoms with Crippen molar-refractivity contribution in [2.24, 2.45) is 5.92 Å². The third-order valence-electron chi connectivity index (χ3n) is 3.96. The van der Waals surface area contributed by atoms with Crippen LogP contribution in [0.4, 0.5) is 0 Å². The number of hydrogen-bond acceptors (Lipinski definition) is 4. The number of piperidine rings is 1. The van der Waals surface area contributed by atoms with Crippen molar-refractivity contribution < 1.29 is 4.79 Å². The van der Waals surface area contributed by atoms with Crippen molar-refractivity contribution in [1.29, 1.82) is 0 Å². The van der Waals surface area contributed by atoms with E-state index in [0.717, 1.165) is 38.3 Å². The fourth-order valence-corrected chi connectivity index (χ4v) is 2.52. The van der Waals surface area contributed by atoms with Gasteiger partial charge in [-0.3, -0.25) is 4.79 Å². The molecule has 0 spiro atoms. The Morgan fingerprint density at radius 1 is 1.33 bits per heavy atom. The molecule has 98 valence electrons. The van der Waals surface area contributed by atoms with Crippen LogP contribution in [0.3, 0.4) is 0 Å². The Kier molecular flexibility index (Phi) is 3.41. The standard InChI is InChI=1S/C13H20N4O/c18-13(4-3-10-1-2-10)12-9-17(16-15-12)11-5-7-14-8-6-11/h9-11,14H,1-8H2. The number of carbonyl (C=O) groups excluding carboxylic acids is 1. The largest absolute Gasteiger partial charge is 0.317 e. The molecule has 1 aromatic heterocycles. The number of hydrogen-bond donors (Lipinski definition) is 1. The lowest BCUT2D eigenvalue weighted by atomic mass is 10.1. The molecule has 0 bridgehead atoms. The number of aromatic nitrogens is 3. The van der Waals surface area contributed by atoms with Crippen LogP contribution in [0.2, 0.25) is 0 Å². The third kappa shape index (κ3) is 2.77. The van der Waals surface area contributed by atoms with Crippen LogP contribution in [0.5, 0.6) is 0 Å². The van der Waals surface area contributed by atoms with Crippen LogP contribution in [0, 0.1) is 5.92 Å². The zero-order valence-electron chi connectivity index (χ0n) is 10.6. The van der Waals surface area contributed by atoms with Gasteiger partial charge in [-0.05, 0) is 38.3 Å². The Labute approximate surface area is 107 Å². The van der Waals surface area contributed by atoms with Crippen LogP contribution in [0.1, 0.15) is 55.1 Å². The molecular formula is C13H20N4O. The summed E-state index contributed by atoms with van der Waals surface area (Å²) in [5.74, 6) is 0.954. The molecule has 0 radical (unpaired) electrons. The summed E-state index contributed by atoms with van der Waals surface area (Å²) in [6.07, 6.45) is 8.24. The molecule has 2 aliphatic rings. The summed E-state index contributed by atoms with van der Waals surface area (Å²) in [7, 11) is 0. The average molecular weight is 248 g/mol. The minimum absolute atomic E-state index is 0.155. The number of carbonyl (C=O) groups is 1. The number of nitrogens with one attached hydrogen (secondary N) is 1. The monoisotopic (exact) mass is 248 g/mol. The molecule has 18 heavy (non-hydrogen) atoms. The highest BCUT2D eigenvalue weighted by molar-refractivity contribution is 5.93. The van der Waals surface area contributed by atoms with Gasteiger partial charge in [-0.25, -0.2) is 4.68 Å². The molecule has 5 heteroatoms. The maximum Gasteiger partial charge on any atom is 0.184 e. The van der Waals surface area contributed by atoms with Gasteiger partial charge < -0.3 is 5.32 Å². The number of Topliss-reactive ketones (excluding diaryl/α,β-unsaturated/α-hetero) is 1. The summed E-state index contributed by atoms with van der Waals surface area (Å²) in [6, 6.07) is 0.406. The topological polar surface area (TPSA) is 59.8 Å². The van der Waals surface area contributed by atoms with E-state index in [-0.39, 0.29) is 5.78 Å². The van der Waals surface area contributed by atoms with Crippen LogP contribution in [0.15, 0.2) is 6.20 Å². The maximum absolute atomic E-state index is 11.9. The molecule has 1 aliphatic carbocycles. The average Bonchev–Trinajstić information content (AvgIpc) is 3.11. The van der Waals surface area contributed by atoms with Gasteiger partial charge in [-0.15, -0.1) is 5.10 Å². The Bertz CT molecular complexity index is 418. The molecule has 2 fully saturated rings. The first-order chi connectivity index (χ1) is 8.83. The first-order valence-corrected chi connectivity index (χ1v) is 6.98. The second kappa shape index (κ2) is 5.18. The predicted molar refractivity (Wildman–Crippen MR) is 67.5 cm³/mol. The highest BCUT2D eigenvalue weighted by Crippen LogP contribution is 2.33. The quantitative estimate of drug-likeness (QED) is 0.804. The molecule has 5 nitrogen and oxygen atoms in total. The molecule has 1 aromatic rings. The number of rotatable bonds is 5. The van der Waals surface area contributed by atoms with E-state index in [1.165, 1.54) is 12.8 Å². The second-order valence-electron chi connectivity index (χ2n) is 5.47. The molecule has 1 saturated heterocycles. The van der Waals surface area contributed by atoms with E-state index in [1.807, 2.05) is 10.9 Å². The molecule has 1 N–H and O–H groups in total. The summed E-state index contributed by atoms with van der Waals surface area (Å²) in [5.41, 5.74) is 0.550. The van der Waals surface area contributed by atoms with Gasteiger partial charge in [0.25, 0.3) is 0 Å². The van der Waals surface area contributed by atoms with Gasteiger partial charge in [-0.2, -0.15) is 0 Å². The van der Waals surface area contributed by atoms with E-state index in [9.17, 15) is 4.79 Å². The van der Waals surface area contributed by atoms with Gasteiger partial charge >= 0.3 is 0 Å². The van der Waals surface area contributed by atoms with E-state index in [1.54, 1.807) is 0 Å². The van der Waals surface area contributed by atoms with Crippen molar-refractivity contribution in [3.63, 3.8) is 0 Å².